The van der Waals surface area contributed by atoms with Crippen LogP contribution in [-0.4, -0.2) is 37.9 Å². The van der Waals surface area contributed by atoms with Gasteiger partial charge in [-0.25, -0.2) is 4.79 Å². The lowest BCUT2D eigenvalue weighted by molar-refractivity contribution is -0.137. The minimum absolute atomic E-state index is 0.0821. The average Bonchev–Trinajstić information content (AvgIpc) is 2.53. The number of carbonyl (C=O) groups excluding carboxylic acids is 1. The number of hydrogen-bond acceptors (Lipinski definition) is 4. The van der Waals surface area contributed by atoms with Crippen molar-refractivity contribution in [3.8, 4) is 0 Å². The second-order valence-corrected chi connectivity index (χ2v) is 6.89. The number of halogens is 6. The van der Waals surface area contributed by atoms with E-state index in [-0.39, 0.29) is 25.2 Å². The van der Waals surface area contributed by atoms with E-state index >= 15 is 0 Å². The van der Waals surface area contributed by atoms with Crippen molar-refractivity contribution in [2.45, 2.75) is 18.1 Å². The fraction of sp³-hybridized carbons (Fsp3) is 0.357. The van der Waals surface area contributed by atoms with Crippen molar-refractivity contribution < 1.29 is 43.7 Å². The maximum Gasteiger partial charge on any atom is 0.534 e. The van der Waals surface area contributed by atoms with E-state index in [0.29, 0.717) is 0 Å². The molecule has 0 aromatic heterocycles. The van der Waals surface area contributed by atoms with E-state index in [9.17, 15) is 39.6 Å². The largest absolute Gasteiger partial charge is 0.534 e. The minimum Gasteiger partial charge on any atom is -0.381 e. The maximum absolute atomic E-state index is 12.5. The molecule has 0 bridgehead atoms. The first-order chi connectivity index (χ1) is 12.3. The molecule has 6 nitrogen and oxygen atoms in total. The van der Waals surface area contributed by atoms with Crippen molar-refractivity contribution in [1.29, 1.82) is 0 Å². The average molecular weight is 418 g/mol. The minimum atomic E-state index is -5.78. The van der Waals surface area contributed by atoms with E-state index in [1.54, 1.807) is 0 Å². The third-order valence-corrected chi connectivity index (χ3v) is 4.42. The zero-order valence-electron chi connectivity index (χ0n) is 13.3. The summed E-state index contributed by atoms with van der Waals surface area (Å²) in [6.45, 7) is -0.388. The second-order valence-electron chi connectivity index (χ2n) is 5.35. The molecule has 0 spiro atoms. The highest BCUT2D eigenvalue weighted by molar-refractivity contribution is 7.87. The van der Waals surface area contributed by atoms with Crippen LogP contribution in [0.15, 0.2) is 36.1 Å². The number of rotatable bonds is 3. The number of alkyl halides is 6. The fourth-order valence-corrected chi connectivity index (χ4v) is 2.57. The van der Waals surface area contributed by atoms with Gasteiger partial charge in [0.05, 0.1) is 5.56 Å². The summed E-state index contributed by atoms with van der Waals surface area (Å²) in [7, 11) is -5.78. The Morgan fingerprint density at radius 3 is 2.11 bits per heavy atom. The first-order valence-electron chi connectivity index (χ1n) is 7.22. The van der Waals surface area contributed by atoms with Crippen LogP contribution in [0.25, 0.3) is 0 Å². The molecule has 1 N–H and O–H groups in total. The molecule has 1 aromatic carbocycles. The molecule has 0 unspecified atom stereocenters. The van der Waals surface area contributed by atoms with Crippen molar-refractivity contribution in [3.05, 3.63) is 41.7 Å². The number of hydrogen-bond donors (Lipinski definition) is 1. The van der Waals surface area contributed by atoms with Gasteiger partial charge in [-0.2, -0.15) is 34.8 Å². The van der Waals surface area contributed by atoms with E-state index in [1.165, 1.54) is 0 Å². The number of urea groups is 1. The summed E-state index contributed by atoms with van der Waals surface area (Å²) in [6.07, 6.45) is -3.80. The number of nitrogens with zero attached hydrogens (tertiary/aromatic N) is 1. The van der Waals surface area contributed by atoms with E-state index in [4.69, 9.17) is 0 Å². The second kappa shape index (κ2) is 7.29. The molecular formula is C14H12F6N2O4S. The molecule has 1 aromatic rings. The Morgan fingerprint density at radius 2 is 1.67 bits per heavy atom. The van der Waals surface area contributed by atoms with Crippen LogP contribution in [0.2, 0.25) is 0 Å². The van der Waals surface area contributed by atoms with Gasteiger partial charge in [-0.05, 0) is 30.3 Å². The van der Waals surface area contributed by atoms with Crippen molar-refractivity contribution in [2.24, 2.45) is 0 Å². The maximum atomic E-state index is 12.5. The number of amides is 2. The van der Waals surface area contributed by atoms with Crippen LogP contribution in [0, 0.1) is 0 Å². The first-order valence-corrected chi connectivity index (χ1v) is 8.63. The summed E-state index contributed by atoms with van der Waals surface area (Å²) in [5.74, 6) is -0.453. The molecule has 0 saturated heterocycles. The van der Waals surface area contributed by atoms with Crippen molar-refractivity contribution in [2.75, 3.05) is 18.4 Å². The van der Waals surface area contributed by atoms with Crippen LogP contribution in [0.1, 0.15) is 12.0 Å². The van der Waals surface area contributed by atoms with Gasteiger partial charge in [-0.3, -0.25) is 0 Å². The molecule has 1 heterocycles. The highest BCUT2D eigenvalue weighted by Crippen LogP contribution is 2.30. The molecular weight excluding hydrogens is 406 g/mol. The third kappa shape index (κ3) is 5.28. The molecule has 0 saturated carbocycles. The smallest absolute Gasteiger partial charge is 0.381 e. The Morgan fingerprint density at radius 1 is 1.07 bits per heavy atom. The molecule has 0 aliphatic carbocycles. The number of carbonyl (C=O) groups is 1. The topological polar surface area (TPSA) is 75.7 Å². The van der Waals surface area contributed by atoms with Gasteiger partial charge in [0.15, 0.2) is 0 Å². The number of nitrogens with one attached hydrogen (secondary N) is 1. The SMILES string of the molecule is O=C(Nc1ccc(C(F)(F)F)cc1)N1CC=C(OS(=O)(=O)C(F)(F)F)CC1. The van der Waals surface area contributed by atoms with Crippen LogP contribution in [0.3, 0.4) is 0 Å². The van der Waals surface area contributed by atoms with Gasteiger partial charge in [0, 0.05) is 25.2 Å². The first kappa shape index (κ1) is 20.9. The summed E-state index contributed by atoms with van der Waals surface area (Å²) < 4.78 is 100.0. The number of benzene rings is 1. The molecule has 27 heavy (non-hydrogen) atoms. The van der Waals surface area contributed by atoms with E-state index in [2.05, 4.69) is 9.50 Å². The molecule has 1 aliphatic heterocycles. The van der Waals surface area contributed by atoms with Crippen LogP contribution in [-0.2, 0) is 20.5 Å². The molecule has 0 atom stereocenters. The summed E-state index contributed by atoms with van der Waals surface area (Å²) in [5, 5.41) is 2.33. The molecule has 0 radical (unpaired) electrons. The highest BCUT2D eigenvalue weighted by atomic mass is 32.2. The van der Waals surface area contributed by atoms with Gasteiger partial charge in [0.2, 0.25) is 0 Å². The van der Waals surface area contributed by atoms with Crippen LogP contribution in [0.4, 0.5) is 36.8 Å². The summed E-state index contributed by atoms with van der Waals surface area (Å²) in [4.78, 5) is 13.1. The Bertz CT molecular complexity index is 831. The van der Waals surface area contributed by atoms with E-state index in [0.717, 1.165) is 35.2 Å². The van der Waals surface area contributed by atoms with Crippen LogP contribution in [0.5, 0.6) is 0 Å². The predicted molar refractivity (Wildman–Crippen MR) is 80.8 cm³/mol. The predicted octanol–water partition coefficient (Wildman–Crippen LogP) is 3.69. The lowest BCUT2D eigenvalue weighted by Gasteiger charge is -2.26. The lowest BCUT2D eigenvalue weighted by atomic mass is 10.2. The standard InChI is InChI=1S/C14H12F6N2O4S/c15-13(16,17)9-1-3-10(4-2-9)21-12(23)22-7-5-11(6-8-22)26-27(24,25)14(18,19)20/h1-5H,6-8H2,(H,21,23). The van der Waals surface area contributed by atoms with Crippen molar-refractivity contribution in [3.63, 3.8) is 0 Å². The molecule has 1 aliphatic rings. The molecule has 0 fully saturated rings. The van der Waals surface area contributed by atoms with Gasteiger partial charge in [0.1, 0.15) is 5.76 Å². The summed E-state index contributed by atoms with van der Waals surface area (Å²) >= 11 is 0. The molecule has 13 heteroatoms. The van der Waals surface area contributed by atoms with E-state index < -0.39 is 39.2 Å². The van der Waals surface area contributed by atoms with Crippen LogP contribution < -0.4 is 5.32 Å². The summed E-state index contributed by atoms with van der Waals surface area (Å²) in [6, 6.07) is 2.93. The Kier molecular flexibility index (Phi) is 5.63. The molecule has 150 valence electrons. The van der Waals surface area contributed by atoms with Crippen molar-refractivity contribution in [1.82, 2.24) is 4.90 Å². The van der Waals surface area contributed by atoms with E-state index in [1.807, 2.05) is 0 Å². The Balaban J connectivity index is 1.95. The molecule has 2 rings (SSSR count). The Labute approximate surface area is 149 Å². The highest BCUT2D eigenvalue weighted by Gasteiger charge is 2.49. The zero-order chi connectivity index (χ0) is 20.5. The molecule has 2 amide bonds. The summed E-state index contributed by atoms with van der Waals surface area (Å²) in [5.41, 5.74) is -6.38. The Hall–Kier alpha value is -2.44. The van der Waals surface area contributed by atoms with Gasteiger partial charge < -0.3 is 14.4 Å². The third-order valence-electron chi connectivity index (χ3n) is 3.42. The zero-order valence-corrected chi connectivity index (χ0v) is 14.1. The normalized spacial score (nSPS) is 15.9. The lowest BCUT2D eigenvalue weighted by Crippen LogP contribution is -2.38. The van der Waals surface area contributed by atoms with Crippen molar-refractivity contribution >= 4 is 21.8 Å². The quantitative estimate of drug-likeness (QED) is 0.462. The fourth-order valence-electron chi connectivity index (χ4n) is 2.04. The van der Waals surface area contributed by atoms with Gasteiger partial charge in [-0.1, -0.05) is 0 Å². The monoisotopic (exact) mass is 418 g/mol. The number of anilines is 1. The van der Waals surface area contributed by atoms with Gasteiger partial charge >= 0.3 is 27.8 Å². The van der Waals surface area contributed by atoms with Gasteiger partial charge in [0.25, 0.3) is 0 Å². The van der Waals surface area contributed by atoms with Gasteiger partial charge in [-0.15, -0.1) is 0 Å². The van der Waals surface area contributed by atoms with Crippen LogP contribution >= 0.6 is 0 Å².